The van der Waals surface area contributed by atoms with Gasteiger partial charge in [-0.05, 0) is 56.2 Å². The van der Waals surface area contributed by atoms with Crippen LogP contribution in [-0.4, -0.2) is 25.8 Å². The first-order valence-corrected chi connectivity index (χ1v) is 8.03. The van der Waals surface area contributed by atoms with Crippen molar-refractivity contribution in [2.45, 2.75) is 58.1 Å². The van der Waals surface area contributed by atoms with Crippen LogP contribution < -0.4 is 5.32 Å². The van der Waals surface area contributed by atoms with Crippen LogP contribution in [0, 0.1) is 5.92 Å². The van der Waals surface area contributed by atoms with Crippen LogP contribution in [0.1, 0.15) is 50.7 Å². The zero-order valence-corrected chi connectivity index (χ0v) is 13.4. The van der Waals surface area contributed by atoms with Crippen molar-refractivity contribution >= 4 is 0 Å². The van der Waals surface area contributed by atoms with Crippen LogP contribution in [0.4, 0.5) is 0 Å². The van der Waals surface area contributed by atoms with Crippen molar-refractivity contribution in [1.29, 1.82) is 0 Å². The zero-order valence-electron chi connectivity index (χ0n) is 13.4. The molecule has 112 valence electrons. The monoisotopic (exact) mass is 275 g/mol. The van der Waals surface area contributed by atoms with Gasteiger partial charge in [-0.25, -0.2) is 0 Å². The van der Waals surface area contributed by atoms with Gasteiger partial charge in [0.25, 0.3) is 0 Å². The Hall–Kier alpha value is -0.860. The number of hydrogen-bond acceptors (Lipinski definition) is 2. The van der Waals surface area contributed by atoms with Gasteiger partial charge < -0.3 is 10.1 Å². The molecule has 20 heavy (non-hydrogen) atoms. The van der Waals surface area contributed by atoms with Gasteiger partial charge in [-0.15, -0.1) is 0 Å². The van der Waals surface area contributed by atoms with E-state index in [4.69, 9.17) is 4.74 Å². The van der Waals surface area contributed by atoms with E-state index < -0.39 is 0 Å². The van der Waals surface area contributed by atoms with E-state index in [2.05, 4.69) is 57.4 Å². The number of nitrogens with one attached hydrogen (secondary N) is 1. The van der Waals surface area contributed by atoms with Crippen LogP contribution in [0.15, 0.2) is 24.3 Å². The number of rotatable bonds is 8. The molecule has 0 aromatic heterocycles. The van der Waals surface area contributed by atoms with E-state index in [-0.39, 0.29) is 0 Å². The van der Waals surface area contributed by atoms with Gasteiger partial charge in [-0.1, -0.05) is 38.1 Å². The first-order valence-electron chi connectivity index (χ1n) is 8.03. The van der Waals surface area contributed by atoms with E-state index >= 15 is 0 Å². The van der Waals surface area contributed by atoms with Gasteiger partial charge in [0.05, 0.1) is 6.10 Å². The topological polar surface area (TPSA) is 21.3 Å². The molecule has 0 amide bonds. The predicted octanol–water partition coefficient (Wildman–Crippen LogP) is 3.76. The minimum Gasteiger partial charge on any atom is -0.377 e. The highest BCUT2D eigenvalue weighted by molar-refractivity contribution is 5.25. The summed E-state index contributed by atoms with van der Waals surface area (Å²) in [5.41, 5.74) is 2.82. The molecule has 0 radical (unpaired) electrons. The molecule has 0 spiro atoms. The summed E-state index contributed by atoms with van der Waals surface area (Å²) < 4.78 is 5.99. The summed E-state index contributed by atoms with van der Waals surface area (Å²) in [4.78, 5) is 0. The lowest BCUT2D eigenvalue weighted by molar-refractivity contribution is 0.0211. The molecular weight excluding hydrogens is 246 g/mol. The van der Waals surface area contributed by atoms with Gasteiger partial charge in [0.1, 0.15) is 0 Å². The first-order chi connectivity index (χ1) is 9.65. The molecule has 2 unspecified atom stereocenters. The van der Waals surface area contributed by atoms with Crippen LogP contribution in [-0.2, 0) is 11.2 Å². The molecule has 1 aromatic carbocycles. The van der Waals surface area contributed by atoms with Crippen LogP contribution >= 0.6 is 0 Å². The van der Waals surface area contributed by atoms with Gasteiger partial charge in [0, 0.05) is 12.6 Å². The molecule has 1 aromatic rings. The number of hydrogen-bond donors (Lipinski definition) is 1. The Balaban J connectivity index is 2.01. The highest BCUT2D eigenvalue weighted by Crippen LogP contribution is 2.36. The maximum Gasteiger partial charge on any atom is 0.0759 e. The molecule has 2 atom stereocenters. The highest BCUT2D eigenvalue weighted by Gasteiger charge is 2.36. The molecule has 0 bridgehead atoms. The number of ether oxygens (including phenoxy) is 1. The van der Waals surface area contributed by atoms with Crippen molar-refractivity contribution in [2.75, 3.05) is 13.7 Å². The Bertz CT molecular complexity index is 394. The van der Waals surface area contributed by atoms with Crippen LogP contribution in [0.3, 0.4) is 0 Å². The summed E-state index contributed by atoms with van der Waals surface area (Å²) >= 11 is 0. The maximum atomic E-state index is 5.99. The molecule has 0 heterocycles. The number of likely N-dealkylation sites (N-methyl/N-ethyl adjacent to an activating group) is 1. The fourth-order valence-corrected chi connectivity index (χ4v) is 2.87. The molecular formula is C18H29NO. The van der Waals surface area contributed by atoms with E-state index in [0.29, 0.717) is 18.1 Å². The molecule has 1 fully saturated rings. The van der Waals surface area contributed by atoms with E-state index in [1.165, 1.54) is 24.0 Å². The Morgan fingerprint density at radius 3 is 2.30 bits per heavy atom. The van der Waals surface area contributed by atoms with Gasteiger partial charge in [0.15, 0.2) is 0 Å². The average Bonchev–Trinajstić information content (AvgIpc) is 3.27. The molecule has 1 saturated carbocycles. The average molecular weight is 275 g/mol. The van der Waals surface area contributed by atoms with Crippen molar-refractivity contribution in [3.8, 4) is 0 Å². The minimum absolute atomic E-state index is 0.370. The van der Waals surface area contributed by atoms with E-state index in [9.17, 15) is 0 Å². The Morgan fingerprint density at radius 1 is 1.20 bits per heavy atom. The van der Waals surface area contributed by atoms with Crippen molar-refractivity contribution < 1.29 is 4.74 Å². The lowest BCUT2D eigenvalue weighted by Gasteiger charge is -2.27. The molecule has 2 nitrogen and oxygen atoms in total. The lowest BCUT2D eigenvalue weighted by Crippen LogP contribution is -2.42. The van der Waals surface area contributed by atoms with Crippen LogP contribution in [0.25, 0.3) is 0 Å². The quantitative estimate of drug-likeness (QED) is 0.780. The summed E-state index contributed by atoms with van der Waals surface area (Å²) in [5.74, 6) is 1.37. The molecule has 1 aliphatic carbocycles. The molecule has 1 aliphatic rings. The predicted molar refractivity (Wildman–Crippen MR) is 85.2 cm³/mol. The summed E-state index contributed by atoms with van der Waals surface area (Å²) in [6.45, 7) is 7.39. The van der Waals surface area contributed by atoms with Gasteiger partial charge >= 0.3 is 0 Å². The van der Waals surface area contributed by atoms with Gasteiger partial charge in [-0.2, -0.15) is 0 Å². The highest BCUT2D eigenvalue weighted by atomic mass is 16.5. The second-order valence-electron chi connectivity index (χ2n) is 6.25. The van der Waals surface area contributed by atoms with Crippen LogP contribution in [0.5, 0.6) is 0 Å². The molecule has 0 aliphatic heterocycles. The standard InChI is InChI=1S/C18H29NO/c1-5-20-18(16-10-11-16)17(19-4)12-14-6-8-15(9-7-14)13(2)3/h6-9,13,16-19H,5,10-12H2,1-4H3. The smallest absolute Gasteiger partial charge is 0.0759 e. The molecule has 2 heteroatoms. The normalized spacial score (nSPS) is 18.2. The largest absolute Gasteiger partial charge is 0.377 e. The maximum absolute atomic E-state index is 5.99. The third-order valence-corrected chi connectivity index (χ3v) is 4.32. The SMILES string of the molecule is CCOC(C1CC1)C(Cc1ccc(C(C)C)cc1)NC. The molecule has 1 N–H and O–H groups in total. The van der Waals surface area contributed by atoms with E-state index in [1.54, 1.807) is 0 Å². The summed E-state index contributed by atoms with van der Waals surface area (Å²) in [5, 5.41) is 3.47. The minimum atomic E-state index is 0.370. The zero-order chi connectivity index (χ0) is 14.5. The van der Waals surface area contributed by atoms with Crippen molar-refractivity contribution in [3.05, 3.63) is 35.4 Å². The number of benzene rings is 1. The van der Waals surface area contributed by atoms with E-state index in [0.717, 1.165) is 18.9 Å². The fourth-order valence-electron chi connectivity index (χ4n) is 2.87. The molecule has 0 saturated heterocycles. The van der Waals surface area contributed by atoms with Gasteiger partial charge in [0.2, 0.25) is 0 Å². The van der Waals surface area contributed by atoms with Crippen molar-refractivity contribution in [2.24, 2.45) is 5.92 Å². The summed E-state index contributed by atoms with van der Waals surface area (Å²) in [6, 6.07) is 9.50. The van der Waals surface area contributed by atoms with Crippen molar-refractivity contribution in [3.63, 3.8) is 0 Å². The van der Waals surface area contributed by atoms with Gasteiger partial charge in [-0.3, -0.25) is 0 Å². The fraction of sp³-hybridized carbons (Fsp3) is 0.667. The second kappa shape index (κ2) is 7.24. The van der Waals surface area contributed by atoms with E-state index in [1.807, 2.05) is 0 Å². The van der Waals surface area contributed by atoms with Crippen LogP contribution in [0.2, 0.25) is 0 Å². The molecule has 2 rings (SSSR count). The summed E-state index contributed by atoms with van der Waals surface area (Å²) in [7, 11) is 2.06. The third-order valence-electron chi connectivity index (χ3n) is 4.32. The van der Waals surface area contributed by atoms with Crippen molar-refractivity contribution in [1.82, 2.24) is 5.32 Å². The Morgan fingerprint density at radius 2 is 1.85 bits per heavy atom. The first kappa shape index (κ1) is 15.5. The lowest BCUT2D eigenvalue weighted by atomic mass is 9.95. The Kier molecular flexibility index (Phi) is 5.62. The third kappa shape index (κ3) is 4.07. The summed E-state index contributed by atoms with van der Waals surface area (Å²) in [6.07, 6.45) is 4.08. The Labute approximate surface area is 123 Å². The second-order valence-corrected chi connectivity index (χ2v) is 6.25.